The minimum absolute atomic E-state index is 0.401. The highest BCUT2D eigenvalue weighted by Gasteiger charge is 2.37. The van der Waals surface area contributed by atoms with Crippen LogP contribution in [0.25, 0.3) is 33.2 Å². The standard InChI is InChI=1S/C38H32O4/c1-38(37(39)40-2,26-28-13-7-4-8-14-28)42-32-23-21-30(22-24-32)29-17-19-31(20-18-29)36-33-15-9-10-16-34(33)41-35(36)25-27-11-5-3-6-12-27/h3-24H,25-26H2,1-2H3. The molecule has 0 aliphatic heterocycles. The lowest BCUT2D eigenvalue weighted by Gasteiger charge is -2.28. The minimum atomic E-state index is -1.15. The first-order valence-corrected chi connectivity index (χ1v) is 14.1. The first-order valence-electron chi connectivity index (χ1n) is 14.1. The zero-order valence-corrected chi connectivity index (χ0v) is 23.7. The Balaban J connectivity index is 1.24. The average Bonchev–Trinajstić information content (AvgIpc) is 3.39. The summed E-state index contributed by atoms with van der Waals surface area (Å²) in [7, 11) is 1.39. The van der Waals surface area contributed by atoms with Crippen molar-refractivity contribution < 1.29 is 18.7 Å². The van der Waals surface area contributed by atoms with E-state index in [2.05, 4.69) is 60.7 Å². The maximum atomic E-state index is 12.7. The number of carbonyl (C=O) groups excluding carboxylic acids is 1. The molecule has 0 bridgehead atoms. The van der Waals surface area contributed by atoms with Gasteiger partial charge in [-0.05, 0) is 52.9 Å². The summed E-state index contributed by atoms with van der Waals surface area (Å²) in [5, 5.41) is 1.11. The number of para-hydroxylation sites is 1. The molecule has 42 heavy (non-hydrogen) atoms. The smallest absolute Gasteiger partial charge is 0.350 e. The summed E-state index contributed by atoms with van der Waals surface area (Å²) in [6, 6.07) is 44.8. The average molecular weight is 553 g/mol. The summed E-state index contributed by atoms with van der Waals surface area (Å²) >= 11 is 0. The molecular weight excluding hydrogens is 520 g/mol. The molecule has 4 heteroatoms. The molecule has 1 aromatic heterocycles. The van der Waals surface area contributed by atoms with E-state index in [1.54, 1.807) is 6.92 Å². The van der Waals surface area contributed by atoms with Crippen molar-refractivity contribution in [3.63, 3.8) is 0 Å². The first-order chi connectivity index (χ1) is 20.5. The lowest BCUT2D eigenvalue weighted by atomic mass is 9.95. The van der Waals surface area contributed by atoms with Gasteiger partial charge in [-0.2, -0.15) is 0 Å². The van der Waals surface area contributed by atoms with Gasteiger partial charge in [-0.3, -0.25) is 0 Å². The van der Waals surface area contributed by atoms with E-state index in [9.17, 15) is 4.79 Å². The van der Waals surface area contributed by atoms with Gasteiger partial charge in [0.2, 0.25) is 5.60 Å². The maximum Gasteiger partial charge on any atom is 0.350 e. The highest BCUT2D eigenvalue weighted by molar-refractivity contribution is 5.96. The number of rotatable bonds is 9. The van der Waals surface area contributed by atoms with Crippen molar-refractivity contribution in [2.75, 3.05) is 7.11 Å². The number of benzene rings is 5. The molecule has 0 aliphatic rings. The quantitative estimate of drug-likeness (QED) is 0.168. The van der Waals surface area contributed by atoms with Crippen LogP contribution >= 0.6 is 0 Å². The molecule has 0 aliphatic carbocycles. The number of furan rings is 1. The predicted octanol–water partition coefficient (Wildman–Crippen LogP) is 8.91. The molecule has 0 spiro atoms. The SMILES string of the molecule is COC(=O)C(C)(Cc1ccccc1)Oc1ccc(-c2ccc(-c3c(Cc4ccccc4)oc4ccccc34)cc2)cc1. The van der Waals surface area contributed by atoms with Gasteiger partial charge in [0.05, 0.1) is 7.11 Å². The minimum Gasteiger partial charge on any atom is -0.476 e. The largest absolute Gasteiger partial charge is 0.476 e. The molecule has 0 fully saturated rings. The fourth-order valence-corrected chi connectivity index (χ4v) is 5.47. The summed E-state index contributed by atoms with van der Waals surface area (Å²) < 4.78 is 17.7. The second-order valence-corrected chi connectivity index (χ2v) is 10.6. The van der Waals surface area contributed by atoms with Crippen molar-refractivity contribution in [2.45, 2.75) is 25.4 Å². The summed E-state index contributed by atoms with van der Waals surface area (Å²) in [6.07, 6.45) is 1.13. The van der Waals surface area contributed by atoms with Gasteiger partial charge in [0.1, 0.15) is 17.1 Å². The molecule has 4 nitrogen and oxygen atoms in total. The van der Waals surface area contributed by atoms with Crippen LogP contribution in [-0.4, -0.2) is 18.7 Å². The molecule has 208 valence electrons. The van der Waals surface area contributed by atoms with E-state index < -0.39 is 11.6 Å². The van der Waals surface area contributed by atoms with Gasteiger partial charge in [0.25, 0.3) is 0 Å². The molecule has 0 amide bonds. The zero-order chi connectivity index (χ0) is 28.9. The normalized spacial score (nSPS) is 12.5. The van der Waals surface area contributed by atoms with Crippen molar-refractivity contribution in [3.05, 3.63) is 150 Å². The van der Waals surface area contributed by atoms with Crippen LogP contribution in [0.2, 0.25) is 0 Å². The van der Waals surface area contributed by atoms with E-state index in [1.165, 1.54) is 12.7 Å². The van der Waals surface area contributed by atoms with E-state index in [0.717, 1.165) is 51.0 Å². The number of carbonyl (C=O) groups is 1. The van der Waals surface area contributed by atoms with Crippen LogP contribution in [0.5, 0.6) is 5.75 Å². The zero-order valence-electron chi connectivity index (χ0n) is 23.7. The summed E-state index contributed by atoms with van der Waals surface area (Å²) in [5.74, 6) is 1.15. The van der Waals surface area contributed by atoms with Gasteiger partial charge >= 0.3 is 5.97 Å². The second kappa shape index (κ2) is 11.8. The second-order valence-electron chi connectivity index (χ2n) is 10.6. The van der Waals surface area contributed by atoms with Crippen LogP contribution in [0.3, 0.4) is 0 Å². The number of methoxy groups -OCH3 is 1. The van der Waals surface area contributed by atoms with Gasteiger partial charge in [-0.25, -0.2) is 4.79 Å². The van der Waals surface area contributed by atoms with Crippen LogP contribution in [0.15, 0.2) is 138 Å². The van der Waals surface area contributed by atoms with E-state index in [0.29, 0.717) is 12.2 Å². The number of hydrogen-bond donors (Lipinski definition) is 0. The molecule has 1 atom stereocenters. The Kier molecular flexibility index (Phi) is 7.61. The molecular formula is C38H32O4. The van der Waals surface area contributed by atoms with Crippen LogP contribution in [-0.2, 0) is 22.4 Å². The Labute approximate surface area is 246 Å². The fraction of sp³-hybridized carbons (Fsp3) is 0.132. The third kappa shape index (κ3) is 5.70. The Morgan fingerprint density at radius 3 is 1.86 bits per heavy atom. The molecule has 0 saturated carbocycles. The fourth-order valence-electron chi connectivity index (χ4n) is 5.47. The summed E-state index contributed by atoms with van der Waals surface area (Å²) in [6.45, 7) is 1.77. The maximum absolute atomic E-state index is 12.7. The molecule has 0 saturated heterocycles. The third-order valence-electron chi connectivity index (χ3n) is 7.58. The highest BCUT2D eigenvalue weighted by Crippen LogP contribution is 2.37. The monoisotopic (exact) mass is 552 g/mol. The molecule has 1 heterocycles. The number of ether oxygens (including phenoxy) is 2. The van der Waals surface area contributed by atoms with Gasteiger partial charge in [-0.1, -0.05) is 115 Å². The molecule has 0 radical (unpaired) electrons. The lowest BCUT2D eigenvalue weighted by Crippen LogP contribution is -2.44. The van der Waals surface area contributed by atoms with Crippen LogP contribution in [0.4, 0.5) is 0 Å². The van der Waals surface area contributed by atoms with Crippen molar-refractivity contribution in [1.82, 2.24) is 0 Å². The summed E-state index contributed by atoms with van der Waals surface area (Å²) in [4.78, 5) is 12.7. The van der Waals surface area contributed by atoms with E-state index in [4.69, 9.17) is 13.9 Å². The van der Waals surface area contributed by atoms with Crippen molar-refractivity contribution in [1.29, 1.82) is 0 Å². The van der Waals surface area contributed by atoms with Crippen molar-refractivity contribution >= 4 is 16.9 Å². The first kappa shape index (κ1) is 27.1. The van der Waals surface area contributed by atoms with Crippen LogP contribution in [0, 0.1) is 0 Å². The number of hydrogen-bond acceptors (Lipinski definition) is 4. The van der Waals surface area contributed by atoms with Gasteiger partial charge in [0, 0.05) is 23.8 Å². The van der Waals surface area contributed by atoms with Gasteiger partial charge in [0.15, 0.2) is 0 Å². The van der Waals surface area contributed by atoms with Gasteiger partial charge in [-0.15, -0.1) is 0 Å². The van der Waals surface area contributed by atoms with Crippen molar-refractivity contribution in [2.24, 2.45) is 0 Å². The predicted molar refractivity (Wildman–Crippen MR) is 168 cm³/mol. The topological polar surface area (TPSA) is 48.7 Å². The lowest BCUT2D eigenvalue weighted by molar-refractivity contribution is -0.157. The Morgan fingerprint density at radius 1 is 0.667 bits per heavy atom. The van der Waals surface area contributed by atoms with Gasteiger partial charge < -0.3 is 13.9 Å². The summed E-state index contributed by atoms with van der Waals surface area (Å²) in [5.41, 5.74) is 6.34. The van der Waals surface area contributed by atoms with E-state index in [1.807, 2.05) is 72.8 Å². The Bertz CT molecular complexity index is 1790. The van der Waals surface area contributed by atoms with E-state index in [-0.39, 0.29) is 0 Å². The van der Waals surface area contributed by atoms with Crippen molar-refractivity contribution in [3.8, 4) is 28.0 Å². The van der Waals surface area contributed by atoms with Crippen LogP contribution < -0.4 is 4.74 Å². The van der Waals surface area contributed by atoms with Crippen LogP contribution in [0.1, 0.15) is 23.8 Å². The highest BCUT2D eigenvalue weighted by atomic mass is 16.6. The molecule has 1 unspecified atom stereocenters. The van der Waals surface area contributed by atoms with E-state index >= 15 is 0 Å². The third-order valence-corrected chi connectivity index (χ3v) is 7.58. The number of fused-ring (bicyclic) bond motifs is 1. The Hall–Kier alpha value is -5.09. The molecule has 6 aromatic rings. The Morgan fingerprint density at radius 2 is 1.21 bits per heavy atom. The molecule has 0 N–H and O–H groups in total. The number of esters is 1. The molecule has 5 aromatic carbocycles. The molecule has 6 rings (SSSR count).